The largest absolute Gasteiger partial charge is 0.478 e. The van der Waals surface area contributed by atoms with Gasteiger partial charge in [-0.1, -0.05) is 11.2 Å². The fourth-order valence-electron chi connectivity index (χ4n) is 1.59. The molecule has 1 aromatic heterocycles. The average molecular weight is 281 g/mol. The fourth-order valence-corrected chi connectivity index (χ4v) is 2.87. The van der Waals surface area contributed by atoms with Crippen LogP contribution in [0.1, 0.15) is 21.8 Å². The summed E-state index contributed by atoms with van der Waals surface area (Å²) >= 11 is 0. The molecule has 1 N–H and O–H groups in total. The van der Waals surface area contributed by atoms with Crippen molar-refractivity contribution in [2.24, 2.45) is 0 Å². The Morgan fingerprint density at radius 3 is 2.68 bits per heavy atom. The molecule has 100 valence electrons. The number of aryl methyl sites for hydroxylation is 1. The van der Waals surface area contributed by atoms with Crippen LogP contribution >= 0.6 is 0 Å². The smallest absolute Gasteiger partial charge is 0.335 e. The molecule has 0 spiro atoms. The van der Waals surface area contributed by atoms with Gasteiger partial charge in [-0.2, -0.15) is 0 Å². The predicted octanol–water partition coefficient (Wildman–Crippen LogP) is 1.66. The molecule has 0 saturated carbocycles. The monoisotopic (exact) mass is 281 g/mol. The molecule has 0 aliphatic rings. The molecular weight excluding hydrogens is 270 g/mol. The summed E-state index contributed by atoms with van der Waals surface area (Å²) in [4.78, 5) is 10.8. The van der Waals surface area contributed by atoms with E-state index in [4.69, 9.17) is 9.63 Å². The van der Waals surface area contributed by atoms with Crippen molar-refractivity contribution in [3.05, 3.63) is 47.3 Å². The highest BCUT2D eigenvalue weighted by molar-refractivity contribution is 7.90. The minimum atomic E-state index is -3.64. The zero-order valence-electron chi connectivity index (χ0n) is 10.0. The van der Waals surface area contributed by atoms with E-state index in [0.717, 1.165) is 6.07 Å². The van der Waals surface area contributed by atoms with Crippen molar-refractivity contribution in [3.63, 3.8) is 0 Å². The van der Waals surface area contributed by atoms with Crippen LogP contribution in [0, 0.1) is 6.92 Å². The highest BCUT2D eigenvalue weighted by Gasteiger charge is 2.19. The second-order valence-corrected chi connectivity index (χ2v) is 6.01. The number of aromatic nitrogens is 1. The highest BCUT2D eigenvalue weighted by atomic mass is 32.2. The van der Waals surface area contributed by atoms with Crippen molar-refractivity contribution >= 4 is 15.8 Å². The lowest BCUT2D eigenvalue weighted by molar-refractivity contribution is 0.0696. The van der Waals surface area contributed by atoms with Gasteiger partial charge in [0.05, 0.1) is 16.2 Å². The van der Waals surface area contributed by atoms with Gasteiger partial charge >= 0.3 is 5.97 Å². The third-order valence-electron chi connectivity index (χ3n) is 2.45. The van der Waals surface area contributed by atoms with E-state index in [1.165, 1.54) is 24.3 Å². The SMILES string of the molecule is Cc1cc(CS(=O)(=O)c2cccc(C(=O)O)c2)no1. The van der Waals surface area contributed by atoms with Crippen molar-refractivity contribution in [1.82, 2.24) is 5.16 Å². The van der Waals surface area contributed by atoms with Gasteiger partial charge in [0.2, 0.25) is 0 Å². The molecule has 1 heterocycles. The molecule has 0 atom stereocenters. The minimum Gasteiger partial charge on any atom is -0.478 e. The first-order chi connectivity index (χ1) is 8.88. The Balaban J connectivity index is 2.34. The Labute approximate surface area is 109 Å². The molecule has 7 heteroatoms. The van der Waals surface area contributed by atoms with Crippen LogP contribution in [0.5, 0.6) is 0 Å². The molecule has 0 bridgehead atoms. The van der Waals surface area contributed by atoms with E-state index >= 15 is 0 Å². The van der Waals surface area contributed by atoms with E-state index < -0.39 is 15.8 Å². The van der Waals surface area contributed by atoms with Gasteiger partial charge in [-0.15, -0.1) is 0 Å². The topological polar surface area (TPSA) is 97.5 Å². The zero-order chi connectivity index (χ0) is 14.0. The minimum absolute atomic E-state index is 0.0481. The standard InChI is InChI=1S/C12H11NO5S/c1-8-5-10(13-18-8)7-19(16,17)11-4-2-3-9(6-11)12(14)15/h2-6H,7H2,1H3,(H,14,15). The molecule has 0 unspecified atom stereocenters. The second kappa shape index (κ2) is 4.85. The first kappa shape index (κ1) is 13.3. The van der Waals surface area contributed by atoms with Gasteiger partial charge in [-0.25, -0.2) is 13.2 Å². The third kappa shape index (κ3) is 3.00. The Bertz CT molecular complexity index is 717. The second-order valence-electron chi connectivity index (χ2n) is 4.02. The number of carboxylic acid groups (broad SMARTS) is 1. The van der Waals surface area contributed by atoms with E-state index in [0.29, 0.717) is 11.5 Å². The normalized spacial score (nSPS) is 11.4. The number of carbonyl (C=O) groups is 1. The van der Waals surface area contributed by atoms with Gasteiger partial charge in [-0.3, -0.25) is 0 Å². The van der Waals surface area contributed by atoms with Crippen LogP contribution in [0.15, 0.2) is 39.8 Å². The van der Waals surface area contributed by atoms with E-state index in [9.17, 15) is 13.2 Å². The maximum atomic E-state index is 12.1. The molecule has 6 nitrogen and oxygen atoms in total. The number of sulfone groups is 1. The average Bonchev–Trinajstić information content (AvgIpc) is 2.74. The van der Waals surface area contributed by atoms with Gasteiger partial charge in [0.25, 0.3) is 0 Å². The number of rotatable bonds is 4. The summed E-state index contributed by atoms with van der Waals surface area (Å²) in [5.41, 5.74) is 0.218. The van der Waals surface area contributed by atoms with Crippen LogP contribution in [0.3, 0.4) is 0 Å². The van der Waals surface area contributed by atoms with Gasteiger partial charge < -0.3 is 9.63 Å². The lowest BCUT2D eigenvalue weighted by Crippen LogP contribution is -2.07. The summed E-state index contributed by atoms with van der Waals surface area (Å²) in [6, 6.07) is 6.74. The van der Waals surface area contributed by atoms with E-state index in [1.807, 2.05) is 0 Å². The quantitative estimate of drug-likeness (QED) is 0.915. The Morgan fingerprint density at radius 2 is 2.11 bits per heavy atom. The first-order valence-electron chi connectivity index (χ1n) is 5.37. The summed E-state index contributed by atoms with van der Waals surface area (Å²) in [7, 11) is -3.64. The molecule has 0 saturated heterocycles. The maximum Gasteiger partial charge on any atom is 0.335 e. The highest BCUT2D eigenvalue weighted by Crippen LogP contribution is 2.17. The molecule has 2 aromatic rings. The lowest BCUT2D eigenvalue weighted by atomic mass is 10.2. The van der Waals surface area contributed by atoms with Gasteiger partial charge in [0.15, 0.2) is 9.84 Å². The van der Waals surface area contributed by atoms with Crippen molar-refractivity contribution in [2.75, 3.05) is 0 Å². The van der Waals surface area contributed by atoms with Crippen molar-refractivity contribution in [3.8, 4) is 0 Å². The number of benzene rings is 1. The van der Waals surface area contributed by atoms with Crippen LogP contribution in [0.4, 0.5) is 0 Å². The maximum absolute atomic E-state index is 12.1. The van der Waals surface area contributed by atoms with Gasteiger partial charge in [0.1, 0.15) is 11.5 Å². The van der Waals surface area contributed by atoms with Crippen LogP contribution in [-0.2, 0) is 15.6 Å². The molecule has 2 rings (SSSR count). The fraction of sp³-hybridized carbons (Fsp3) is 0.167. The van der Waals surface area contributed by atoms with E-state index in [2.05, 4.69) is 5.16 Å². The Kier molecular flexibility index (Phi) is 3.39. The number of hydrogen-bond donors (Lipinski definition) is 1. The van der Waals surface area contributed by atoms with Crippen LogP contribution in [-0.4, -0.2) is 24.7 Å². The number of nitrogens with zero attached hydrogens (tertiary/aromatic N) is 1. The zero-order valence-corrected chi connectivity index (χ0v) is 10.8. The number of carboxylic acids is 1. The Hall–Kier alpha value is -2.15. The molecule has 0 fully saturated rings. The molecular formula is C12H11NO5S. The molecule has 1 aromatic carbocycles. The lowest BCUT2D eigenvalue weighted by Gasteiger charge is -2.03. The number of aromatic carboxylic acids is 1. The summed E-state index contributed by atoms with van der Waals surface area (Å²) in [6.45, 7) is 1.66. The van der Waals surface area contributed by atoms with E-state index in [1.54, 1.807) is 6.92 Å². The third-order valence-corrected chi connectivity index (χ3v) is 4.10. The van der Waals surface area contributed by atoms with Crippen LogP contribution < -0.4 is 0 Å². The van der Waals surface area contributed by atoms with Crippen LogP contribution in [0.2, 0.25) is 0 Å². The number of hydrogen-bond acceptors (Lipinski definition) is 5. The summed E-state index contributed by atoms with van der Waals surface area (Å²) in [5.74, 6) is -0.980. The van der Waals surface area contributed by atoms with Crippen molar-refractivity contribution < 1.29 is 22.8 Å². The van der Waals surface area contributed by atoms with Crippen molar-refractivity contribution in [2.45, 2.75) is 17.6 Å². The predicted molar refractivity (Wildman–Crippen MR) is 65.5 cm³/mol. The summed E-state index contributed by atoms with van der Waals surface area (Å²) in [6.07, 6.45) is 0. The molecule has 0 amide bonds. The molecule has 0 aliphatic heterocycles. The van der Waals surface area contributed by atoms with Gasteiger partial charge in [0, 0.05) is 6.07 Å². The van der Waals surface area contributed by atoms with Crippen LogP contribution in [0.25, 0.3) is 0 Å². The summed E-state index contributed by atoms with van der Waals surface area (Å²) in [5, 5.41) is 12.5. The molecule has 19 heavy (non-hydrogen) atoms. The van der Waals surface area contributed by atoms with E-state index in [-0.39, 0.29) is 16.2 Å². The first-order valence-corrected chi connectivity index (χ1v) is 7.02. The van der Waals surface area contributed by atoms with Gasteiger partial charge in [-0.05, 0) is 25.1 Å². The summed E-state index contributed by atoms with van der Waals surface area (Å²) < 4.78 is 29.0. The Morgan fingerprint density at radius 1 is 1.37 bits per heavy atom. The molecule has 0 radical (unpaired) electrons. The molecule has 0 aliphatic carbocycles. The van der Waals surface area contributed by atoms with Crippen molar-refractivity contribution in [1.29, 1.82) is 0 Å².